The maximum atomic E-state index is 13.9. The van der Waals surface area contributed by atoms with Gasteiger partial charge in [-0.15, -0.1) is 0 Å². The number of rotatable bonds is 2. The summed E-state index contributed by atoms with van der Waals surface area (Å²) in [5, 5.41) is 26.8. The van der Waals surface area contributed by atoms with Crippen molar-refractivity contribution in [2.24, 2.45) is 11.3 Å². The third kappa shape index (κ3) is 5.68. The van der Waals surface area contributed by atoms with Crippen LogP contribution in [0.1, 0.15) is 46.5 Å². The van der Waals surface area contributed by atoms with Gasteiger partial charge in [-0.05, 0) is 24.7 Å². The lowest BCUT2D eigenvalue weighted by Crippen LogP contribution is -2.64. The van der Waals surface area contributed by atoms with E-state index >= 15 is 0 Å². The van der Waals surface area contributed by atoms with Gasteiger partial charge in [0, 0.05) is 44.7 Å². The highest BCUT2D eigenvalue weighted by Gasteiger charge is 2.48. The van der Waals surface area contributed by atoms with Crippen LogP contribution in [-0.4, -0.2) is 130 Å². The first-order valence-electron chi connectivity index (χ1n) is 13.8. The van der Waals surface area contributed by atoms with Crippen LogP contribution in [0.25, 0.3) is 0 Å². The van der Waals surface area contributed by atoms with Crippen LogP contribution in [0, 0.1) is 11.3 Å². The summed E-state index contributed by atoms with van der Waals surface area (Å²) in [6, 6.07) is -1.56. The number of ether oxygens (including phenoxy) is 1. The van der Waals surface area contributed by atoms with Crippen LogP contribution in [0.4, 0.5) is 0 Å². The van der Waals surface area contributed by atoms with E-state index in [-0.39, 0.29) is 61.2 Å². The lowest BCUT2D eigenvalue weighted by molar-refractivity contribution is -0.151. The minimum atomic E-state index is -1.27. The van der Waals surface area contributed by atoms with Gasteiger partial charge in [-0.1, -0.05) is 20.8 Å². The maximum absolute atomic E-state index is 13.9. The Morgan fingerprint density at radius 3 is 2.42 bits per heavy atom. The Labute approximate surface area is 223 Å². The van der Waals surface area contributed by atoms with Crippen molar-refractivity contribution in [1.29, 1.82) is 0 Å². The molecule has 0 aromatic carbocycles. The molecule has 4 saturated heterocycles. The highest BCUT2D eigenvalue weighted by atomic mass is 16.5. The molecule has 0 unspecified atom stereocenters. The summed E-state index contributed by atoms with van der Waals surface area (Å²) in [6.45, 7) is 8.05. The summed E-state index contributed by atoms with van der Waals surface area (Å²) in [6.07, 6.45) is -2.44. The van der Waals surface area contributed by atoms with Crippen LogP contribution in [0.3, 0.4) is 0 Å². The molecule has 4 amide bonds. The number of nitrogens with zero attached hydrogens (tertiary/aromatic N) is 3. The molecule has 5 fully saturated rings. The Kier molecular flexibility index (Phi) is 7.44. The third-order valence-corrected chi connectivity index (χ3v) is 8.26. The number of hydrogen-bond acceptors (Lipinski definition) is 8. The molecule has 5 rings (SSSR count). The summed E-state index contributed by atoms with van der Waals surface area (Å²) in [5.74, 6) is -0.964. The minimum Gasteiger partial charge on any atom is -0.388 e. The average molecular weight is 536 g/mol. The second-order valence-corrected chi connectivity index (χ2v) is 12.8. The Bertz CT molecular complexity index is 966. The van der Waals surface area contributed by atoms with E-state index in [0.717, 1.165) is 12.8 Å². The zero-order valence-corrected chi connectivity index (χ0v) is 22.5. The van der Waals surface area contributed by atoms with Gasteiger partial charge in [0.2, 0.25) is 23.6 Å². The molecule has 4 aliphatic heterocycles. The molecule has 1 saturated carbocycles. The third-order valence-electron chi connectivity index (χ3n) is 8.26. The zero-order chi connectivity index (χ0) is 27.4. The molecular weight excluding hydrogens is 494 g/mol. The molecule has 5 aliphatic rings. The monoisotopic (exact) mass is 535 g/mol. The molecule has 4 heterocycles. The molecule has 0 aromatic rings. The molecule has 212 valence electrons. The zero-order valence-electron chi connectivity index (χ0n) is 22.5. The van der Waals surface area contributed by atoms with Gasteiger partial charge >= 0.3 is 0 Å². The lowest BCUT2D eigenvalue weighted by atomic mass is 9.95. The molecule has 0 spiro atoms. The number of piperazine rings is 1. The molecule has 38 heavy (non-hydrogen) atoms. The van der Waals surface area contributed by atoms with E-state index in [4.69, 9.17) is 4.74 Å². The number of aliphatic hydroxyl groups excluding tert-OH is 2. The van der Waals surface area contributed by atoms with Gasteiger partial charge in [0.15, 0.2) is 0 Å². The number of carbonyl (C=O) groups excluding carboxylic acids is 4. The second kappa shape index (κ2) is 10.4. The second-order valence-electron chi connectivity index (χ2n) is 12.8. The molecule has 7 atom stereocenters. The van der Waals surface area contributed by atoms with Crippen molar-refractivity contribution in [3.8, 4) is 0 Å². The molecular formula is C26H41N5O7. The Balaban J connectivity index is 1.42. The van der Waals surface area contributed by atoms with Crippen molar-refractivity contribution in [3.63, 3.8) is 0 Å². The fraction of sp³-hybridized carbons (Fsp3) is 0.846. The van der Waals surface area contributed by atoms with E-state index in [0.29, 0.717) is 26.1 Å². The van der Waals surface area contributed by atoms with Gasteiger partial charge < -0.3 is 35.4 Å². The van der Waals surface area contributed by atoms with Crippen LogP contribution in [0.5, 0.6) is 0 Å². The van der Waals surface area contributed by atoms with E-state index in [1.165, 1.54) is 0 Å². The van der Waals surface area contributed by atoms with Crippen molar-refractivity contribution < 1.29 is 34.1 Å². The number of amides is 4. The van der Waals surface area contributed by atoms with E-state index in [9.17, 15) is 29.4 Å². The fourth-order valence-corrected chi connectivity index (χ4v) is 6.25. The number of fused-ring (bicyclic) bond motifs is 6. The molecule has 12 nitrogen and oxygen atoms in total. The number of aliphatic hydroxyl groups is 2. The van der Waals surface area contributed by atoms with Gasteiger partial charge in [-0.25, -0.2) is 0 Å². The number of nitrogens with one attached hydrogen (secondary N) is 2. The molecule has 4 N–H and O–H groups in total. The van der Waals surface area contributed by atoms with Gasteiger partial charge in [-0.3, -0.25) is 24.1 Å². The summed E-state index contributed by atoms with van der Waals surface area (Å²) < 4.78 is 5.78. The first-order chi connectivity index (χ1) is 17.9. The van der Waals surface area contributed by atoms with Crippen molar-refractivity contribution in [2.75, 3.05) is 39.3 Å². The summed E-state index contributed by atoms with van der Waals surface area (Å²) in [5.41, 5.74) is -0.0824. The van der Waals surface area contributed by atoms with Crippen LogP contribution in [0.15, 0.2) is 0 Å². The normalized spacial score (nSPS) is 37.3. The summed E-state index contributed by atoms with van der Waals surface area (Å²) >= 11 is 0. The number of likely N-dealkylation sites (tertiary alicyclic amines) is 1. The summed E-state index contributed by atoms with van der Waals surface area (Å²) in [4.78, 5) is 58.5. The van der Waals surface area contributed by atoms with Gasteiger partial charge in [0.25, 0.3) is 0 Å². The predicted octanol–water partition coefficient (Wildman–Crippen LogP) is -1.95. The first kappa shape index (κ1) is 27.3. The minimum absolute atomic E-state index is 0.0581. The summed E-state index contributed by atoms with van der Waals surface area (Å²) in [7, 11) is 0. The Morgan fingerprint density at radius 2 is 1.74 bits per heavy atom. The van der Waals surface area contributed by atoms with Crippen LogP contribution in [0.2, 0.25) is 0 Å². The number of hydrogen-bond donors (Lipinski definition) is 4. The largest absolute Gasteiger partial charge is 0.388 e. The predicted molar refractivity (Wildman–Crippen MR) is 134 cm³/mol. The van der Waals surface area contributed by atoms with E-state index in [2.05, 4.69) is 36.3 Å². The van der Waals surface area contributed by atoms with Crippen LogP contribution >= 0.6 is 0 Å². The molecule has 0 aromatic heterocycles. The van der Waals surface area contributed by atoms with E-state index in [1.54, 1.807) is 9.80 Å². The maximum Gasteiger partial charge on any atom is 0.244 e. The fourth-order valence-electron chi connectivity index (χ4n) is 6.25. The number of carbonyl (C=O) groups is 4. The highest BCUT2D eigenvalue weighted by molar-refractivity contribution is 5.91. The van der Waals surface area contributed by atoms with E-state index < -0.39 is 42.4 Å². The quantitative estimate of drug-likeness (QED) is 0.319. The smallest absolute Gasteiger partial charge is 0.244 e. The van der Waals surface area contributed by atoms with Crippen molar-refractivity contribution in [3.05, 3.63) is 0 Å². The SMILES string of the molecule is CC(C)(C)CN1C[C@@H]2C[C@H]1C(=O)N1CCN(C(=O)C3CC3)[C@@H](C1)C(=O)NC[C@H]1O[C@@H](CC(=O)N2)[C@H](O)[C@@H]1O. The van der Waals surface area contributed by atoms with Crippen molar-refractivity contribution >= 4 is 23.6 Å². The van der Waals surface area contributed by atoms with E-state index in [1.807, 2.05) is 0 Å². The molecule has 6 bridgehead atoms. The molecule has 0 radical (unpaired) electrons. The van der Waals surface area contributed by atoms with Gasteiger partial charge in [0.1, 0.15) is 24.4 Å². The Morgan fingerprint density at radius 1 is 1.03 bits per heavy atom. The Hall–Kier alpha value is -2.28. The van der Waals surface area contributed by atoms with Crippen LogP contribution in [-0.2, 0) is 23.9 Å². The molecule has 1 aliphatic carbocycles. The van der Waals surface area contributed by atoms with Gasteiger partial charge in [0.05, 0.1) is 25.1 Å². The average Bonchev–Trinajstić information content (AvgIpc) is 3.59. The first-order valence-corrected chi connectivity index (χ1v) is 13.8. The molecule has 12 heteroatoms. The van der Waals surface area contributed by atoms with Crippen molar-refractivity contribution in [1.82, 2.24) is 25.3 Å². The highest BCUT2D eigenvalue weighted by Crippen LogP contribution is 2.33. The standard InChI is InChI=1S/C26H41N5O7/c1-26(2,3)13-30-11-15-8-16(30)25(37)29-6-7-31(24(36)14-4-5-14)17(12-29)23(35)27-10-19-22(34)21(33)18(38-19)9-20(32)28-15/h14-19,21-22,33-34H,4-13H2,1-3H3,(H,27,35)(H,28,32)/t15-,16-,17-,18-,19+,21-,22+/m0/s1. The van der Waals surface area contributed by atoms with Gasteiger partial charge in [-0.2, -0.15) is 0 Å². The topological polar surface area (TPSA) is 152 Å². The lowest BCUT2D eigenvalue weighted by Gasteiger charge is -2.42. The van der Waals surface area contributed by atoms with Crippen molar-refractivity contribution in [2.45, 2.75) is 89.0 Å². The van der Waals surface area contributed by atoms with Crippen LogP contribution < -0.4 is 10.6 Å².